The fraction of sp³-hybridized carbons (Fsp3) is 0.368. The number of aliphatic carboxylic acids is 2. The van der Waals surface area contributed by atoms with Gasteiger partial charge in [-0.25, -0.2) is 0 Å². The smallest absolute Gasteiger partial charge is 0.314 e. The number of carboxylic acid groups (broad SMARTS) is 2. The predicted molar refractivity (Wildman–Crippen MR) is 95.4 cm³/mol. The largest absolute Gasteiger partial charge is 0.481 e. The summed E-state index contributed by atoms with van der Waals surface area (Å²) in [5, 5.41) is 19.6. The third-order valence-corrected chi connectivity index (χ3v) is 5.32. The molecule has 2 N–H and O–H groups in total. The molecule has 0 bridgehead atoms. The van der Waals surface area contributed by atoms with Gasteiger partial charge in [-0.3, -0.25) is 19.4 Å². The lowest BCUT2D eigenvalue weighted by Crippen LogP contribution is -2.42. The van der Waals surface area contributed by atoms with E-state index in [4.69, 9.17) is 11.6 Å². The second-order valence-electron chi connectivity index (χ2n) is 6.82. The highest BCUT2D eigenvalue weighted by molar-refractivity contribution is 6.30. The van der Waals surface area contributed by atoms with Crippen LogP contribution in [0.3, 0.4) is 0 Å². The van der Waals surface area contributed by atoms with Gasteiger partial charge in [-0.15, -0.1) is 0 Å². The van der Waals surface area contributed by atoms with Crippen LogP contribution in [0.25, 0.3) is 0 Å². The van der Waals surface area contributed by atoms with Crippen LogP contribution in [0.1, 0.15) is 31.7 Å². The minimum absolute atomic E-state index is 0.191. The molecule has 1 aromatic rings. The molecule has 26 heavy (non-hydrogen) atoms. The van der Waals surface area contributed by atoms with Gasteiger partial charge < -0.3 is 10.2 Å². The summed E-state index contributed by atoms with van der Waals surface area (Å²) >= 11 is 6.07. The first-order valence-corrected chi connectivity index (χ1v) is 8.63. The summed E-state index contributed by atoms with van der Waals surface area (Å²) in [6.07, 6.45) is 0.318. The van der Waals surface area contributed by atoms with Crippen molar-refractivity contribution in [2.75, 3.05) is 0 Å². The molecule has 6 nitrogen and oxygen atoms in total. The van der Waals surface area contributed by atoms with Crippen molar-refractivity contribution in [2.24, 2.45) is 22.7 Å². The van der Waals surface area contributed by atoms with E-state index in [9.17, 15) is 24.6 Å². The van der Waals surface area contributed by atoms with Crippen LogP contribution in [0.4, 0.5) is 0 Å². The standard InChI is InChI=1S/C19H18ClNO5/c1-8-6-12-16(17(22)13(8)18(23)24)15(10-4-3-5-11(20)7-10)14(19(25)26)9(2)21-12/h3-5,7-8,13-15H,6H2,1-2H3,(H,23,24)(H,25,26). The van der Waals surface area contributed by atoms with Gasteiger partial charge in [0, 0.05) is 27.9 Å². The number of hydrogen-bond acceptors (Lipinski definition) is 4. The molecule has 1 aromatic carbocycles. The first kappa shape index (κ1) is 18.3. The molecule has 1 aliphatic carbocycles. The normalized spacial score (nSPS) is 28.4. The molecular weight excluding hydrogens is 358 g/mol. The van der Waals surface area contributed by atoms with Crippen LogP contribution < -0.4 is 0 Å². The fourth-order valence-electron chi connectivity index (χ4n) is 3.97. The Morgan fingerprint density at radius 2 is 1.85 bits per heavy atom. The van der Waals surface area contributed by atoms with Crippen LogP contribution >= 0.6 is 11.6 Å². The molecule has 1 aliphatic heterocycles. The molecule has 0 amide bonds. The van der Waals surface area contributed by atoms with E-state index in [0.717, 1.165) is 0 Å². The van der Waals surface area contributed by atoms with Gasteiger partial charge in [0.05, 0.1) is 0 Å². The van der Waals surface area contributed by atoms with E-state index in [1.54, 1.807) is 38.1 Å². The first-order chi connectivity index (χ1) is 12.2. The summed E-state index contributed by atoms with van der Waals surface area (Å²) < 4.78 is 0. The lowest BCUT2D eigenvalue weighted by molar-refractivity contribution is -0.147. The summed E-state index contributed by atoms with van der Waals surface area (Å²) in [7, 11) is 0. The van der Waals surface area contributed by atoms with Gasteiger partial charge in [-0.1, -0.05) is 30.7 Å². The maximum Gasteiger partial charge on any atom is 0.314 e. The summed E-state index contributed by atoms with van der Waals surface area (Å²) in [4.78, 5) is 40.9. The van der Waals surface area contributed by atoms with Crippen LogP contribution in [0, 0.1) is 17.8 Å². The third-order valence-electron chi connectivity index (χ3n) is 5.09. The van der Waals surface area contributed by atoms with Gasteiger partial charge in [0.15, 0.2) is 5.78 Å². The number of halogens is 1. The number of aliphatic imine (C=N–C) groups is 1. The van der Waals surface area contributed by atoms with Gasteiger partial charge in [-0.2, -0.15) is 0 Å². The topological polar surface area (TPSA) is 104 Å². The van der Waals surface area contributed by atoms with E-state index in [-0.39, 0.29) is 5.57 Å². The highest BCUT2D eigenvalue weighted by Crippen LogP contribution is 2.46. The third kappa shape index (κ3) is 2.94. The van der Waals surface area contributed by atoms with Crippen molar-refractivity contribution in [3.8, 4) is 0 Å². The Labute approximate surface area is 155 Å². The summed E-state index contributed by atoms with van der Waals surface area (Å²) in [6, 6.07) is 6.66. The molecule has 1 heterocycles. The first-order valence-electron chi connectivity index (χ1n) is 8.26. The van der Waals surface area contributed by atoms with E-state index in [0.29, 0.717) is 28.4 Å². The van der Waals surface area contributed by atoms with E-state index in [2.05, 4.69) is 4.99 Å². The second-order valence-corrected chi connectivity index (χ2v) is 7.26. The average molecular weight is 376 g/mol. The van der Waals surface area contributed by atoms with E-state index >= 15 is 0 Å². The molecule has 0 saturated heterocycles. The van der Waals surface area contributed by atoms with Gasteiger partial charge in [-0.05, 0) is 37.0 Å². The van der Waals surface area contributed by atoms with Crippen molar-refractivity contribution >= 4 is 35.0 Å². The minimum Gasteiger partial charge on any atom is -0.481 e. The number of carbonyl (C=O) groups is 3. The van der Waals surface area contributed by atoms with E-state index in [1.165, 1.54) is 0 Å². The Kier molecular flexibility index (Phi) is 4.71. The van der Waals surface area contributed by atoms with Crippen molar-refractivity contribution in [1.82, 2.24) is 0 Å². The highest BCUT2D eigenvalue weighted by Gasteiger charge is 2.48. The maximum absolute atomic E-state index is 13.0. The molecule has 0 saturated carbocycles. The van der Waals surface area contributed by atoms with Crippen molar-refractivity contribution in [3.05, 3.63) is 46.1 Å². The van der Waals surface area contributed by atoms with Crippen LogP contribution in [0.5, 0.6) is 0 Å². The number of allylic oxidation sites excluding steroid dienone is 2. The number of Topliss-reactive ketones (excluding diaryl/α,β-unsaturated/α-hetero) is 1. The van der Waals surface area contributed by atoms with Gasteiger partial charge in [0.1, 0.15) is 11.8 Å². The zero-order chi connectivity index (χ0) is 19.2. The molecule has 4 atom stereocenters. The molecule has 2 aliphatic rings. The zero-order valence-electron chi connectivity index (χ0n) is 14.3. The number of carbonyl (C=O) groups excluding carboxylic acids is 1. The molecule has 7 heteroatoms. The van der Waals surface area contributed by atoms with Gasteiger partial charge >= 0.3 is 11.9 Å². The fourth-order valence-corrected chi connectivity index (χ4v) is 4.16. The SMILES string of the molecule is CC1=NC2=C(C(=O)C(C(=O)O)C(C)C2)C(c2cccc(Cl)c2)C1C(=O)O. The van der Waals surface area contributed by atoms with E-state index in [1.807, 2.05) is 0 Å². The van der Waals surface area contributed by atoms with Gasteiger partial charge in [0.2, 0.25) is 0 Å². The second kappa shape index (κ2) is 6.68. The average Bonchev–Trinajstić information content (AvgIpc) is 2.52. The van der Waals surface area contributed by atoms with Crippen molar-refractivity contribution in [2.45, 2.75) is 26.2 Å². The number of nitrogens with zero attached hydrogens (tertiary/aromatic N) is 1. The van der Waals surface area contributed by atoms with Crippen LogP contribution in [-0.4, -0.2) is 33.6 Å². The van der Waals surface area contributed by atoms with Gasteiger partial charge in [0.25, 0.3) is 0 Å². The molecule has 136 valence electrons. The zero-order valence-corrected chi connectivity index (χ0v) is 15.0. The van der Waals surface area contributed by atoms with Crippen LogP contribution in [0.2, 0.25) is 5.02 Å². The molecule has 0 aromatic heterocycles. The molecule has 0 spiro atoms. The monoisotopic (exact) mass is 375 g/mol. The van der Waals surface area contributed by atoms with Crippen LogP contribution in [0.15, 0.2) is 40.5 Å². The lowest BCUT2D eigenvalue weighted by atomic mass is 9.67. The number of hydrogen-bond donors (Lipinski definition) is 2. The van der Waals surface area contributed by atoms with Crippen molar-refractivity contribution in [1.29, 1.82) is 0 Å². The van der Waals surface area contributed by atoms with Crippen LogP contribution in [-0.2, 0) is 14.4 Å². The Balaban J connectivity index is 2.23. The predicted octanol–water partition coefficient (Wildman–Crippen LogP) is 3.16. The number of ketones is 1. The highest BCUT2D eigenvalue weighted by atomic mass is 35.5. The number of benzene rings is 1. The molecule has 0 fully saturated rings. The number of carboxylic acids is 2. The molecule has 3 rings (SSSR count). The van der Waals surface area contributed by atoms with Crippen molar-refractivity contribution in [3.63, 3.8) is 0 Å². The summed E-state index contributed by atoms with van der Waals surface area (Å²) in [5.74, 6) is -6.31. The summed E-state index contributed by atoms with van der Waals surface area (Å²) in [5.41, 5.74) is 1.64. The Morgan fingerprint density at radius 3 is 2.42 bits per heavy atom. The Hall–Kier alpha value is -2.47. The lowest BCUT2D eigenvalue weighted by Gasteiger charge is -2.37. The summed E-state index contributed by atoms with van der Waals surface area (Å²) in [6.45, 7) is 3.32. The Morgan fingerprint density at radius 1 is 1.19 bits per heavy atom. The maximum atomic E-state index is 13.0. The van der Waals surface area contributed by atoms with Crippen molar-refractivity contribution < 1.29 is 24.6 Å². The molecule has 0 radical (unpaired) electrons. The minimum atomic E-state index is -1.20. The quantitative estimate of drug-likeness (QED) is 0.789. The Bertz CT molecular complexity index is 872. The van der Waals surface area contributed by atoms with E-state index < -0.39 is 41.4 Å². The molecule has 4 unspecified atom stereocenters. The molecular formula is C19H18ClNO5. The number of rotatable bonds is 3.